The second kappa shape index (κ2) is 7.64. The highest BCUT2D eigenvalue weighted by Gasteiger charge is 2.22. The molecule has 1 fully saturated rings. The highest BCUT2D eigenvalue weighted by atomic mass is 32.2. The molecular weight excluding hydrogens is 347 g/mol. The van der Waals surface area contributed by atoms with Crippen LogP contribution < -0.4 is 0 Å². The fourth-order valence-corrected chi connectivity index (χ4v) is 4.11. The molecule has 1 aliphatic rings. The first-order chi connectivity index (χ1) is 12.7. The molecular formula is C21H21FN2OS. The third kappa shape index (κ3) is 3.84. The van der Waals surface area contributed by atoms with Crippen molar-refractivity contribution in [2.75, 3.05) is 6.61 Å². The van der Waals surface area contributed by atoms with Crippen molar-refractivity contribution >= 4 is 11.8 Å². The van der Waals surface area contributed by atoms with Crippen LogP contribution in [-0.2, 0) is 4.74 Å². The Morgan fingerprint density at radius 1 is 1.12 bits per heavy atom. The Bertz CT molecular complexity index is 870. The molecule has 0 amide bonds. The zero-order valence-electron chi connectivity index (χ0n) is 14.6. The Balaban J connectivity index is 1.47. The Kier molecular flexibility index (Phi) is 5.09. The van der Waals surface area contributed by atoms with E-state index >= 15 is 0 Å². The number of alkyl halides is 1. The molecule has 1 aliphatic heterocycles. The van der Waals surface area contributed by atoms with E-state index in [9.17, 15) is 4.39 Å². The number of imidazole rings is 1. The molecule has 26 heavy (non-hydrogen) atoms. The average Bonchev–Trinajstić information content (AvgIpc) is 3.09. The maximum absolute atomic E-state index is 13.3. The minimum atomic E-state index is -0.818. The van der Waals surface area contributed by atoms with Crippen LogP contribution in [0.15, 0.2) is 70.7 Å². The molecule has 0 saturated carbocycles. The van der Waals surface area contributed by atoms with Crippen molar-refractivity contribution in [2.45, 2.75) is 41.8 Å². The fourth-order valence-electron chi connectivity index (χ4n) is 3.22. The van der Waals surface area contributed by atoms with E-state index in [0.717, 1.165) is 23.5 Å². The lowest BCUT2D eigenvalue weighted by molar-refractivity contribution is -0.0280. The van der Waals surface area contributed by atoms with Crippen LogP contribution in [-0.4, -0.2) is 22.3 Å². The normalized spacial score (nSPS) is 20.2. The molecule has 3 nitrogen and oxygen atoms in total. The number of ether oxygens (including phenoxy) is 1. The van der Waals surface area contributed by atoms with Gasteiger partial charge < -0.3 is 9.30 Å². The average molecular weight is 368 g/mol. The minimum absolute atomic E-state index is 0.00846. The van der Waals surface area contributed by atoms with Crippen molar-refractivity contribution in [1.82, 2.24) is 9.55 Å². The zero-order chi connectivity index (χ0) is 17.9. The van der Waals surface area contributed by atoms with Crippen LogP contribution in [0.2, 0.25) is 0 Å². The molecule has 0 aliphatic carbocycles. The van der Waals surface area contributed by atoms with Crippen molar-refractivity contribution in [3.63, 3.8) is 0 Å². The zero-order valence-corrected chi connectivity index (χ0v) is 15.5. The van der Waals surface area contributed by atoms with Crippen LogP contribution in [0.5, 0.6) is 0 Å². The Morgan fingerprint density at radius 3 is 2.65 bits per heavy atom. The maximum atomic E-state index is 13.3. The molecule has 1 aromatic heterocycles. The van der Waals surface area contributed by atoms with Gasteiger partial charge in [0.15, 0.2) is 0 Å². The largest absolute Gasteiger partial charge is 0.371 e. The summed E-state index contributed by atoms with van der Waals surface area (Å²) in [6, 6.07) is 16.8. The molecule has 2 aromatic carbocycles. The van der Waals surface area contributed by atoms with Gasteiger partial charge in [-0.25, -0.2) is 9.37 Å². The molecule has 3 aromatic rings. The van der Waals surface area contributed by atoms with Gasteiger partial charge in [-0.1, -0.05) is 23.9 Å². The van der Waals surface area contributed by atoms with Gasteiger partial charge in [0.1, 0.15) is 12.0 Å². The summed E-state index contributed by atoms with van der Waals surface area (Å²) in [6.45, 7) is 2.20. The van der Waals surface area contributed by atoms with E-state index in [1.54, 1.807) is 11.8 Å². The molecule has 134 valence electrons. The summed E-state index contributed by atoms with van der Waals surface area (Å²) >= 11 is 1.72. The van der Waals surface area contributed by atoms with E-state index in [4.69, 9.17) is 4.74 Å². The van der Waals surface area contributed by atoms with Crippen molar-refractivity contribution in [3.05, 3.63) is 72.3 Å². The van der Waals surface area contributed by atoms with Crippen molar-refractivity contribution in [2.24, 2.45) is 0 Å². The van der Waals surface area contributed by atoms with Gasteiger partial charge in [-0.2, -0.15) is 0 Å². The molecule has 2 unspecified atom stereocenters. The van der Waals surface area contributed by atoms with Crippen LogP contribution in [0.1, 0.15) is 30.3 Å². The second-order valence-corrected chi connectivity index (χ2v) is 7.66. The standard InChI is InChI=1S/C21H21FN2OS/c1-15-23-11-12-24(15)18-6-8-19(9-7-18)26-20-4-2-3-16(13-20)21-10-5-17(22)14-25-21/h2-4,6-9,11-13,17,21H,5,10,14H2,1H3. The number of halogens is 1. The summed E-state index contributed by atoms with van der Waals surface area (Å²) in [5.74, 6) is 0.973. The summed E-state index contributed by atoms with van der Waals surface area (Å²) in [5, 5.41) is 0. The number of aromatic nitrogens is 2. The smallest absolute Gasteiger partial charge is 0.123 e. The lowest BCUT2D eigenvalue weighted by Gasteiger charge is -2.25. The van der Waals surface area contributed by atoms with Crippen molar-refractivity contribution in [3.8, 4) is 5.69 Å². The maximum Gasteiger partial charge on any atom is 0.123 e. The second-order valence-electron chi connectivity index (χ2n) is 6.51. The van der Waals surface area contributed by atoms with Crippen LogP contribution in [0.3, 0.4) is 0 Å². The predicted molar refractivity (Wildman–Crippen MR) is 102 cm³/mol. The Labute approximate surface area is 157 Å². The van der Waals surface area contributed by atoms with Crippen LogP contribution >= 0.6 is 11.8 Å². The van der Waals surface area contributed by atoms with Gasteiger partial charge in [0, 0.05) is 27.9 Å². The Hall–Kier alpha value is -2.11. The number of aryl methyl sites for hydroxylation is 1. The van der Waals surface area contributed by atoms with Gasteiger partial charge >= 0.3 is 0 Å². The van der Waals surface area contributed by atoms with Crippen molar-refractivity contribution in [1.29, 1.82) is 0 Å². The third-order valence-corrected chi connectivity index (χ3v) is 5.62. The van der Waals surface area contributed by atoms with E-state index in [1.807, 2.05) is 25.4 Å². The molecule has 2 heterocycles. The SMILES string of the molecule is Cc1nccn1-c1ccc(Sc2cccc(C3CCC(F)CO3)c2)cc1. The molecule has 4 rings (SSSR count). The van der Waals surface area contributed by atoms with Gasteiger partial charge in [-0.3, -0.25) is 0 Å². The third-order valence-electron chi connectivity index (χ3n) is 4.63. The van der Waals surface area contributed by atoms with E-state index < -0.39 is 6.17 Å². The summed E-state index contributed by atoms with van der Waals surface area (Å²) in [7, 11) is 0. The van der Waals surface area contributed by atoms with E-state index in [-0.39, 0.29) is 12.7 Å². The molecule has 0 radical (unpaired) electrons. The topological polar surface area (TPSA) is 27.1 Å². The lowest BCUT2D eigenvalue weighted by atomic mass is 10.0. The number of nitrogens with zero attached hydrogens (tertiary/aromatic N) is 2. The number of hydrogen-bond donors (Lipinski definition) is 0. The highest BCUT2D eigenvalue weighted by molar-refractivity contribution is 7.99. The fraction of sp³-hybridized carbons (Fsp3) is 0.286. The Morgan fingerprint density at radius 2 is 1.96 bits per heavy atom. The first-order valence-electron chi connectivity index (χ1n) is 8.83. The van der Waals surface area contributed by atoms with E-state index in [2.05, 4.69) is 52.0 Å². The number of benzene rings is 2. The van der Waals surface area contributed by atoms with Gasteiger partial charge in [0.05, 0.1) is 12.7 Å². The minimum Gasteiger partial charge on any atom is -0.371 e. The summed E-state index contributed by atoms with van der Waals surface area (Å²) in [6.07, 6.45) is 4.29. The number of rotatable bonds is 4. The summed E-state index contributed by atoms with van der Waals surface area (Å²) in [4.78, 5) is 6.61. The first-order valence-corrected chi connectivity index (χ1v) is 9.64. The number of hydrogen-bond acceptors (Lipinski definition) is 3. The van der Waals surface area contributed by atoms with Gasteiger partial charge in [-0.05, 0) is 61.7 Å². The highest BCUT2D eigenvalue weighted by Crippen LogP contribution is 2.34. The monoisotopic (exact) mass is 368 g/mol. The lowest BCUT2D eigenvalue weighted by Crippen LogP contribution is -2.21. The predicted octanol–water partition coefficient (Wildman–Crippen LogP) is 5.52. The molecule has 0 spiro atoms. The van der Waals surface area contributed by atoms with Gasteiger partial charge in [-0.15, -0.1) is 0 Å². The first kappa shape index (κ1) is 17.3. The van der Waals surface area contributed by atoms with Gasteiger partial charge in [0.2, 0.25) is 0 Å². The van der Waals surface area contributed by atoms with Crippen LogP contribution in [0, 0.1) is 6.92 Å². The molecule has 2 atom stereocenters. The molecule has 1 saturated heterocycles. The van der Waals surface area contributed by atoms with E-state index in [0.29, 0.717) is 6.42 Å². The van der Waals surface area contributed by atoms with Crippen molar-refractivity contribution < 1.29 is 9.13 Å². The van der Waals surface area contributed by atoms with Crippen LogP contribution in [0.4, 0.5) is 4.39 Å². The molecule has 0 N–H and O–H groups in total. The quantitative estimate of drug-likeness (QED) is 0.606. The van der Waals surface area contributed by atoms with E-state index in [1.165, 1.54) is 9.79 Å². The summed E-state index contributed by atoms with van der Waals surface area (Å²) < 4.78 is 21.0. The molecule has 0 bridgehead atoms. The molecule has 5 heteroatoms. The van der Waals surface area contributed by atoms with Gasteiger partial charge in [0.25, 0.3) is 0 Å². The van der Waals surface area contributed by atoms with Crippen LogP contribution in [0.25, 0.3) is 5.69 Å². The summed E-state index contributed by atoms with van der Waals surface area (Å²) in [5.41, 5.74) is 2.24.